The van der Waals surface area contributed by atoms with Crippen LogP contribution in [0.4, 0.5) is 0 Å². The minimum absolute atomic E-state index is 0.0958. The summed E-state index contributed by atoms with van der Waals surface area (Å²) in [5.74, 6) is 1.94. The van der Waals surface area contributed by atoms with E-state index in [1.807, 2.05) is 39.0 Å². The van der Waals surface area contributed by atoms with Gasteiger partial charge in [-0.15, -0.1) is 0 Å². The van der Waals surface area contributed by atoms with Crippen LogP contribution in [0.1, 0.15) is 35.3 Å². The number of rotatable bonds is 8. The van der Waals surface area contributed by atoms with E-state index in [1.54, 1.807) is 56.1 Å². The lowest BCUT2D eigenvalue weighted by atomic mass is 10.1. The van der Waals surface area contributed by atoms with Crippen LogP contribution in [0.5, 0.6) is 17.2 Å². The number of hydrogen-bond acceptors (Lipinski definition) is 4. The molecule has 4 heteroatoms. The molecule has 0 aliphatic rings. The average molecular weight is 364 g/mol. The van der Waals surface area contributed by atoms with Gasteiger partial charge in [-0.3, -0.25) is 4.79 Å². The molecule has 0 spiro atoms. The van der Waals surface area contributed by atoms with Gasteiger partial charge in [0.05, 0.1) is 19.6 Å². The molecule has 2 aromatic carbocycles. The third-order valence-electron chi connectivity index (χ3n) is 3.75. The normalized spacial score (nSPS) is 11.4. The van der Waals surface area contributed by atoms with Gasteiger partial charge in [-0.25, -0.2) is 0 Å². The molecule has 2 aromatic rings. The Morgan fingerprint density at radius 1 is 0.926 bits per heavy atom. The van der Waals surface area contributed by atoms with Crippen LogP contribution in [0.2, 0.25) is 0 Å². The summed E-state index contributed by atoms with van der Waals surface area (Å²) >= 11 is 0. The van der Waals surface area contributed by atoms with Crippen LogP contribution in [0.15, 0.2) is 67.2 Å². The Labute approximate surface area is 160 Å². The van der Waals surface area contributed by atoms with E-state index in [4.69, 9.17) is 14.2 Å². The van der Waals surface area contributed by atoms with Crippen LogP contribution in [-0.4, -0.2) is 12.9 Å². The van der Waals surface area contributed by atoms with E-state index in [9.17, 15) is 4.79 Å². The van der Waals surface area contributed by atoms with Crippen LogP contribution in [0.3, 0.4) is 0 Å². The molecule has 0 bridgehead atoms. The molecule has 0 aliphatic carbocycles. The van der Waals surface area contributed by atoms with E-state index in [0.29, 0.717) is 22.8 Å². The number of carbonyl (C=O) groups excluding carboxylic acids is 1. The molecule has 27 heavy (non-hydrogen) atoms. The zero-order valence-corrected chi connectivity index (χ0v) is 16.1. The summed E-state index contributed by atoms with van der Waals surface area (Å²) in [5, 5.41) is 0. The summed E-state index contributed by atoms with van der Waals surface area (Å²) < 4.78 is 16.3. The van der Waals surface area contributed by atoms with E-state index < -0.39 is 0 Å². The quantitative estimate of drug-likeness (QED) is 0.341. The molecule has 0 aliphatic heterocycles. The summed E-state index contributed by atoms with van der Waals surface area (Å²) in [6.07, 6.45) is 10.1. The lowest BCUT2D eigenvalue weighted by molar-refractivity contribution is 0.104. The van der Waals surface area contributed by atoms with Crippen molar-refractivity contribution in [3.8, 4) is 17.2 Å². The summed E-state index contributed by atoms with van der Waals surface area (Å²) in [6, 6.07) is 10.7. The molecule has 0 fully saturated rings. The number of ketones is 1. The second kappa shape index (κ2) is 10.0. The van der Waals surface area contributed by atoms with Gasteiger partial charge in [0.25, 0.3) is 0 Å². The molecular formula is C23H24O4. The fourth-order valence-electron chi connectivity index (χ4n) is 2.37. The van der Waals surface area contributed by atoms with Gasteiger partial charge in [-0.05, 0) is 68.8 Å². The van der Waals surface area contributed by atoms with E-state index in [0.717, 1.165) is 11.1 Å². The minimum Gasteiger partial charge on any atom is -0.496 e. The SMILES string of the molecule is CC=COc1ccc(C(=O)C=Cc2cc(C)c(OC=CC)cc2OC)cc1. The Bertz CT molecular complexity index is 859. The van der Waals surface area contributed by atoms with Crippen molar-refractivity contribution >= 4 is 11.9 Å². The smallest absolute Gasteiger partial charge is 0.185 e. The standard InChI is InChI=1S/C23H24O4/c1-5-13-26-20-10-7-18(8-11-20)21(24)12-9-19-15-17(3)22(27-14-6-2)16-23(19)25-4/h5-16H,1-4H3. The molecule has 0 amide bonds. The Balaban J connectivity index is 2.18. The van der Waals surface area contributed by atoms with Gasteiger partial charge in [0.2, 0.25) is 0 Å². The maximum absolute atomic E-state index is 12.4. The Morgan fingerprint density at radius 2 is 1.59 bits per heavy atom. The molecule has 0 unspecified atom stereocenters. The van der Waals surface area contributed by atoms with Crippen molar-refractivity contribution in [2.24, 2.45) is 0 Å². The van der Waals surface area contributed by atoms with Gasteiger partial charge in [0.15, 0.2) is 5.78 Å². The zero-order valence-electron chi connectivity index (χ0n) is 16.1. The van der Waals surface area contributed by atoms with Crippen LogP contribution < -0.4 is 14.2 Å². The molecule has 140 valence electrons. The maximum Gasteiger partial charge on any atom is 0.185 e. The van der Waals surface area contributed by atoms with Gasteiger partial charge >= 0.3 is 0 Å². The number of allylic oxidation sites excluding steroid dienone is 3. The maximum atomic E-state index is 12.4. The lowest BCUT2D eigenvalue weighted by Gasteiger charge is -2.10. The van der Waals surface area contributed by atoms with E-state index in [-0.39, 0.29) is 5.78 Å². The zero-order chi connectivity index (χ0) is 19.6. The summed E-state index contributed by atoms with van der Waals surface area (Å²) in [5.41, 5.74) is 2.35. The van der Waals surface area contributed by atoms with Crippen LogP contribution in [-0.2, 0) is 0 Å². The minimum atomic E-state index is -0.0958. The first-order chi connectivity index (χ1) is 13.1. The highest BCUT2D eigenvalue weighted by Crippen LogP contribution is 2.30. The molecule has 0 heterocycles. The highest BCUT2D eigenvalue weighted by Gasteiger charge is 2.08. The van der Waals surface area contributed by atoms with Crippen LogP contribution in [0, 0.1) is 6.92 Å². The first-order valence-electron chi connectivity index (χ1n) is 8.65. The molecule has 2 rings (SSSR count). The van der Waals surface area contributed by atoms with Crippen LogP contribution in [0.25, 0.3) is 6.08 Å². The van der Waals surface area contributed by atoms with Crippen molar-refractivity contribution in [3.05, 3.63) is 83.8 Å². The topological polar surface area (TPSA) is 44.8 Å². The van der Waals surface area contributed by atoms with E-state index >= 15 is 0 Å². The first-order valence-corrected chi connectivity index (χ1v) is 8.65. The second-order valence-corrected chi connectivity index (χ2v) is 5.76. The average Bonchev–Trinajstić information content (AvgIpc) is 2.70. The molecule has 0 saturated carbocycles. The molecule has 0 saturated heterocycles. The highest BCUT2D eigenvalue weighted by molar-refractivity contribution is 6.07. The number of ether oxygens (including phenoxy) is 3. The van der Waals surface area contributed by atoms with E-state index in [2.05, 4.69) is 0 Å². The van der Waals surface area contributed by atoms with Gasteiger partial charge in [-0.1, -0.05) is 12.2 Å². The Morgan fingerprint density at radius 3 is 2.22 bits per heavy atom. The number of aryl methyl sites for hydroxylation is 1. The Kier molecular flexibility index (Phi) is 7.44. The predicted molar refractivity (Wildman–Crippen MR) is 108 cm³/mol. The lowest BCUT2D eigenvalue weighted by Crippen LogP contribution is -1.95. The number of carbonyl (C=O) groups is 1. The third-order valence-corrected chi connectivity index (χ3v) is 3.75. The Hall–Kier alpha value is -3.27. The molecule has 0 radical (unpaired) electrons. The molecule has 0 atom stereocenters. The summed E-state index contributed by atoms with van der Waals surface area (Å²) in [6.45, 7) is 5.70. The van der Waals surface area contributed by atoms with Gasteiger partial charge in [0, 0.05) is 17.2 Å². The fraction of sp³-hybridized carbons (Fsp3) is 0.174. The second-order valence-electron chi connectivity index (χ2n) is 5.76. The summed E-state index contributed by atoms with van der Waals surface area (Å²) in [7, 11) is 1.59. The van der Waals surface area contributed by atoms with Crippen molar-refractivity contribution in [2.45, 2.75) is 20.8 Å². The number of methoxy groups -OCH3 is 1. The monoisotopic (exact) mass is 364 g/mol. The molecular weight excluding hydrogens is 340 g/mol. The molecule has 4 nitrogen and oxygen atoms in total. The van der Waals surface area contributed by atoms with Crippen molar-refractivity contribution < 1.29 is 19.0 Å². The molecule has 0 N–H and O–H groups in total. The number of hydrogen-bond donors (Lipinski definition) is 0. The van der Waals surface area contributed by atoms with Gasteiger partial charge in [-0.2, -0.15) is 0 Å². The third kappa shape index (κ3) is 5.61. The first kappa shape index (κ1) is 20.0. The highest BCUT2D eigenvalue weighted by atomic mass is 16.5. The van der Waals surface area contributed by atoms with Gasteiger partial charge < -0.3 is 14.2 Å². The largest absolute Gasteiger partial charge is 0.496 e. The van der Waals surface area contributed by atoms with E-state index in [1.165, 1.54) is 6.08 Å². The fourth-order valence-corrected chi connectivity index (χ4v) is 2.37. The molecule has 0 aromatic heterocycles. The van der Waals surface area contributed by atoms with Crippen molar-refractivity contribution in [1.82, 2.24) is 0 Å². The number of benzene rings is 2. The van der Waals surface area contributed by atoms with Crippen molar-refractivity contribution in [3.63, 3.8) is 0 Å². The van der Waals surface area contributed by atoms with Crippen LogP contribution >= 0.6 is 0 Å². The summed E-state index contributed by atoms with van der Waals surface area (Å²) in [4.78, 5) is 12.4. The predicted octanol–water partition coefficient (Wildman–Crippen LogP) is 5.72. The van der Waals surface area contributed by atoms with Crippen molar-refractivity contribution in [1.29, 1.82) is 0 Å². The van der Waals surface area contributed by atoms with Gasteiger partial charge in [0.1, 0.15) is 17.2 Å². The van der Waals surface area contributed by atoms with Crippen molar-refractivity contribution in [2.75, 3.05) is 7.11 Å².